The van der Waals surface area contributed by atoms with Crippen LogP contribution in [0.25, 0.3) is 0 Å². The van der Waals surface area contributed by atoms with Crippen LogP contribution in [0.15, 0.2) is 12.1 Å². The lowest BCUT2D eigenvalue weighted by Gasteiger charge is -2.30. The zero-order chi connectivity index (χ0) is 12.5. The Morgan fingerprint density at radius 3 is 2.78 bits per heavy atom. The second-order valence-electron chi connectivity index (χ2n) is 4.85. The smallest absolute Gasteiger partial charge is 0.161 e. The molecule has 1 saturated heterocycles. The molecular weight excluding hydrogens is 230 g/mol. The fraction of sp³-hybridized carbons (Fsp3) is 0.571. The molecule has 2 aliphatic rings. The second kappa shape index (κ2) is 4.78. The van der Waals surface area contributed by atoms with Gasteiger partial charge in [-0.15, -0.1) is 0 Å². The zero-order valence-corrected chi connectivity index (χ0v) is 10.9. The molecule has 2 heterocycles. The van der Waals surface area contributed by atoms with Crippen molar-refractivity contribution in [3.05, 3.63) is 23.3 Å². The minimum Gasteiger partial charge on any atom is -0.493 e. The van der Waals surface area contributed by atoms with Crippen molar-refractivity contribution in [1.29, 1.82) is 0 Å². The van der Waals surface area contributed by atoms with Crippen LogP contribution in [0.5, 0.6) is 11.5 Å². The maximum absolute atomic E-state index is 6.09. The van der Waals surface area contributed by atoms with Crippen molar-refractivity contribution in [2.45, 2.75) is 25.0 Å². The van der Waals surface area contributed by atoms with Crippen LogP contribution in [0.4, 0.5) is 0 Å². The number of rotatable bonds is 2. The molecule has 0 spiro atoms. The Kier molecular flexibility index (Phi) is 3.14. The summed E-state index contributed by atoms with van der Waals surface area (Å²) in [6.07, 6.45) is 2.43. The van der Waals surface area contributed by atoms with Crippen LogP contribution in [-0.2, 0) is 11.2 Å². The predicted octanol–water partition coefficient (Wildman–Crippen LogP) is 1.68. The van der Waals surface area contributed by atoms with Gasteiger partial charge in [-0.05, 0) is 36.2 Å². The summed E-state index contributed by atoms with van der Waals surface area (Å²) in [6, 6.07) is 4.17. The van der Waals surface area contributed by atoms with Crippen molar-refractivity contribution in [3.8, 4) is 11.5 Å². The molecule has 0 aromatic heterocycles. The first-order chi connectivity index (χ1) is 8.81. The van der Waals surface area contributed by atoms with Gasteiger partial charge in [0.1, 0.15) is 0 Å². The quantitative estimate of drug-likeness (QED) is 0.865. The number of ether oxygens (including phenoxy) is 3. The standard InChI is InChI=1S/C14H19NO3/c1-16-13-6-9-5-10-8-15-4-3-12(18-10)11(9)7-14(13)17-2/h6-7,10,12,15H,3-5,8H2,1-2H3/t10-,12-/m0/s1. The number of fused-ring (bicyclic) bond motifs is 4. The minimum absolute atomic E-state index is 0.188. The van der Waals surface area contributed by atoms with E-state index in [1.54, 1.807) is 14.2 Å². The summed E-state index contributed by atoms with van der Waals surface area (Å²) in [5.41, 5.74) is 2.59. The molecule has 4 heteroatoms. The molecule has 4 nitrogen and oxygen atoms in total. The predicted molar refractivity (Wildman–Crippen MR) is 68.4 cm³/mol. The second-order valence-corrected chi connectivity index (χ2v) is 4.85. The molecule has 18 heavy (non-hydrogen) atoms. The van der Waals surface area contributed by atoms with Gasteiger partial charge in [0.05, 0.1) is 26.4 Å². The Morgan fingerprint density at radius 1 is 1.22 bits per heavy atom. The lowest BCUT2D eigenvalue weighted by Crippen LogP contribution is -2.31. The Bertz CT molecular complexity index is 447. The largest absolute Gasteiger partial charge is 0.493 e. The fourth-order valence-corrected chi connectivity index (χ4v) is 2.85. The summed E-state index contributed by atoms with van der Waals surface area (Å²) in [4.78, 5) is 0. The zero-order valence-electron chi connectivity index (χ0n) is 10.9. The Morgan fingerprint density at radius 2 is 2.00 bits per heavy atom. The van der Waals surface area contributed by atoms with Gasteiger partial charge in [0.25, 0.3) is 0 Å². The number of benzene rings is 1. The summed E-state index contributed by atoms with van der Waals surface area (Å²) < 4.78 is 16.8. The van der Waals surface area contributed by atoms with E-state index >= 15 is 0 Å². The Hall–Kier alpha value is -1.26. The van der Waals surface area contributed by atoms with E-state index in [9.17, 15) is 0 Å². The van der Waals surface area contributed by atoms with Gasteiger partial charge in [0.2, 0.25) is 0 Å². The highest BCUT2D eigenvalue weighted by atomic mass is 16.5. The van der Waals surface area contributed by atoms with Crippen LogP contribution < -0.4 is 14.8 Å². The van der Waals surface area contributed by atoms with Gasteiger partial charge in [-0.1, -0.05) is 0 Å². The van der Waals surface area contributed by atoms with E-state index < -0.39 is 0 Å². The van der Waals surface area contributed by atoms with Crippen molar-refractivity contribution < 1.29 is 14.2 Å². The van der Waals surface area contributed by atoms with Gasteiger partial charge in [-0.3, -0.25) is 0 Å². The number of hydrogen-bond acceptors (Lipinski definition) is 4. The number of hydrogen-bond donors (Lipinski definition) is 1. The fourth-order valence-electron chi connectivity index (χ4n) is 2.85. The van der Waals surface area contributed by atoms with Gasteiger partial charge in [0.15, 0.2) is 11.5 Å². The Balaban J connectivity index is 2.04. The van der Waals surface area contributed by atoms with Crippen molar-refractivity contribution in [2.24, 2.45) is 0 Å². The van der Waals surface area contributed by atoms with Crippen molar-refractivity contribution in [2.75, 3.05) is 27.3 Å². The minimum atomic E-state index is 0.188. The average Bonchev–Trinajstić information content (AvgIpc) is 2.60. The van der Waals surface area contributed by atoms with E-state index in [0.29, 0.717) is 0 Å². The lowest BCUT2D eigenvalue weighted by molar-refractivity contribution is -0.0144. The maximum Gasteiger partial charge on any atom is 0.161 e. The van der Waals surface area contributed by atoms with Crippen LogP contribution in [0.1, 0.15) is 23.7 Å². The van der Waals surface area contributed by atoms with E-state index in [1.807, 2.05) is 0 Å². The van der Waals surface area contributed by atoms with Crippen molar-refractivity contribution >= 4 is 0 Å². The average molecular weight is 249 g/mol. The maximum atomic E-state index is 6.09. The summed E-state index contributed by atoms with van der Waals surface area (Å²) in [7, 11) is 3.35. The van der Waals surface area contributed by atoms with E-state index in [0.717, 1.165) is 37.4 Å². The van der Waals surface area contributed by atoms with Crippen molar-refractivity contribution in [1.82, 2.24) is 5.32 Å². The van der Waals surface area contributed by atoms with Gasteiger partial charge in [-0.2, -0.15) is 0 Å². The molecule has 3 rings (SSSR count). The first-order valence-corrected chi connectivity index (χ1v) is 6.42. The molecule has 0 aliphatic carbocycles. The first-order valence-electron chi connectivity index (χ1n) is 6.42. The van der Waals surface area contributed by atoms with Crippen LogP contribution in [0.2, 0.25) is 0 Å². The normalized spacial score (nSPS) is 26.1. The number of nitrogens with one attached hydrogen (secondary N) is 1. The molecule has 1 aromatic rings. The third kappa shape index (κ3) is 1.95. The highest BCUT2D eigenvalue weighted by Gasteiger charge is 2.30. The molecule has 98 valence electrons. The monoisotopic (exact) mass is 249 g/mol. The van der Waals surface area contributed by atoms with Crippen LogP contribution >= 0.6 is 0 Å². The highest BCUT2D eigenvalue weighted by molar-refractivity contribution is 5.49. The van der Waals surface area contributed by atoms with E-state index in [2.05, 4.69) is 17.4 Å². The molecule has 0 unspecified atom stereocenters. The topological polar surface area (TPSA) is 39.7 Å². The summed E-state index contributed by atoms with van der Waals surface area (Å²) >= 11 is 0. The van der Waals surface area contributed by atoms with Gasteiger partial charge in [-0.25, -0.2) is 0 Å². The lowest BCUT2D eigenvalue weighted by atomic mass is 9.93. The first kappa shape index (κ1) is 11.8. The number of methoxy groups -OCH3 is 2. The molecule has 1 fully saturated rings. The molecule has 0 saturated carbocycles. The van der Waals surface area contributed by atoms with E-state index in [4.69, 9.17) is 14.2 Å². The summed E-state index contributed by atoms with van der Waals surface area (Å²) in [5, 5.41) is 3.42. The van der Waals surface area contributed by atoms with Gasteiger partial charge >= 0.3 is 0 Å². The summed E-state index contributed by atoms with van der Waals surface area (Å²) in [5.74, 6) is 1.60. The van der Waals surface area contributed by atoms with Gasteiger partial charge in [0, 0.05) is 13.0 Å². The van der Waals surface area contributed by atoms with E-state index in [1.165, 1.54) is 11.1 Å². The molecule has 1 N–H and O–H groups in total. The molecule has 0 radical (unpaired) electrons. The Labute approximate surface area is 107 Å². The van der Waals surface area contributed by atoms with E-state index in [-0.39, 0.29) is 12.2 Å². The van der Waals surface area contributed by atoms with Crippen LogP contribution in [0, 0.1) is 0 Å². The van der Waals surface area contributed by atoms with Crippen LogP contribution in [-0.4, -0.2) is 33.4 Å². The van der Waals surface area contributed by atoms with Crippen molar-refractivity contribution in [3.63, 3.8) is 0 Å². The van der Waals surface area contributed by atoms with Gasteiger partial charge < -0.3 is 19.5 Å². The molecule has 2 atom stereocenters. The molecule has 2 aliphatic heterocycles. The third-order valence-electron chi connectivity index (χ3n) is 3.75. The molecular formula is C14H19NO3. The SMILES string of the molecule is COc1cc2c(cc1OC)[C@@H]1CCNC[C@H](C2)O1. The third-order valence-corrected chi connectivity index (χ3v) is 3.75. The molecule has 0 amide bonds. The molecule has 1 aromatic carbocycles. The molecule has 2 bridgehead atoms. The van der Waals surface area contributed by atoms with Crippen LogP contribution in [0.3, 0.4) is 0 Å². The highest BCUT2D eigenvalue weighted by Crippen LogP contribution is 2.40. The summed E-state index contributed by atoms with van der Waals surface area (Å²) in [6.45, 7) is 1.94.